The summed E-state index contributed by atoms with van der Waals surface area (Å²) in [6.45, 7) is 2.74. The monoisotopic (exact) mass is 120 g/mol. The molecule has 0 aromatic heterocycles. The minimum Gasteiger partial charge on any atom is -0.483 e. The summed E-state index contributed by atoms with van der Waals surface area (Å²) in [6.07, 6.45) is 1.11. The number of carbonyl (C=O) groups is 1. The average Bonchev–Trinajstić information content (AvgIpc) is 1.71. The molecule has 0 rings (SSSR count). The third-order valence-electron chi connectivity index (χ3n) is 0.394. The lowest BCUT2D eigenvalue weighted by atomic mass is 10.5. The van der Waals surface area contributed by atoms with Crippen LogP contribution in [0.5, 0.6) is 0 Å². The molecule has 0 fully saturated rings. The van der Waals surface area contributed by atoms with Crippen molar-refractivity contribution in [1.82, 2.24) is 5.43 Å². The van der Waals surface area contributed by atoms with Crippen LogP contribution in [0.3, 0.4) is 0 Å². The van der Waals surface area contributed by atoms with E-state index in [0.717, 1.165) is 13.0 Å². The van der Waals surface area contributed by atoms with Crippen LogP contribution in [0.4, 0.5) is 0 Å². The molecule has 0 radical (unpaired) electrons. The van der Waals surface area contributed by atoms with E-state index in [1.807, 2.05) is 0 Å². The molecule has 0 aromatic rings. The second kappa shape index (κ2) is 16.2. The smallest absolute Gasteiger partial charge is 0.290 e. The molecule has 50 valence electrons. The van der Waals surface area contributed by atoms with E-state index in [1.54, 1.807) is 0 Å². The first-order chi connectivity index (χ1) is 3.83. The minimum absolute atomic E-state index is 0.250. The summed E-state index contributed by atoms with van der Waals surface area (Å²) < 4.78 is 0. The predicted octanol–water partition coefficient (Wildman–Crippen LogP) is -0.439. The fraction of sp³-hybridized carbons (Fsp3) is 0.750. The molecule has 0 heterocycles. The van der Waals surface area contributed by atoms with Crippen molar-refractivity contribution in [1.29, 1.82) is 0 Å². The minimum atomic E-state index is -0.250. The quantitative estimate of drug-likeness (QED) is 0.262. The molecule has 0 aromatic carbocycles. The Morgan fingerprint density at radius 3 is 2.25 bits per heavy atom. The van der Waals surface area contributed by atoms with Gasteiger partial charge in [0.1, 0.15) is 0 Å². The lowest BCUT2D eigenvalue weighted by Gasteiger charge is -1.85. The van der Waals surface area contributed by atoms with Gasteiger partial charge in [0.25, 0.3) is 6.47 Å². The maximum Gasteiger partial charge on any atom is 0.290 e. The van der Waals surface area contributed by atoms with E-state index in [9.17, 15) is 0 Å². The molecule has 0 aliphatic rings. The van der Waals surface area contributed by atoms with Gasteiger partial charge in [-0.2, -0.15) is 0 Å². The van der Waals surface area contributed by atoms with Gasteiger partial charge in [0, 0.05) is 6.54 Å². The second-order valence-electron chi connectivity index (χ2n) is 1.06. The van der Waals surface area contributed by atoms with Crippen molar-refractivity contribution in [2.45, 2.75) is 13.3 Å². The van der Waals surface area contributed by atoms with Gasteiger partial charge < -0.3 is 5.11 Å². The topological polar surface area (TPSA) is 75.3 Å². The number of hydrazine groups is 1. The van der Waals surface area contributed by atoms with Gasteiger partial charge in [0.05, 0.1) is 0 Å². The highest BCUT2D eigenvalue weighted by atomic mass is 16.3. The third-order valence-corrected chi connectivity index (χ3v) is 0.394. The fourth-order valence-electron chi connectivity index (χ4n) is 0.144. The third kappa shape index (κ3) is 53.8. The highest BCUT2D eigenvalue weighted by Crippen LogP contribution is 1.61. The number of hydrogen-bond acceptors (Lipinski definition) is 3. The van der Waals surface area contributed by atoms with E-state index in [2.05, 4.69) is 12.3 Å². The van der Waals surface area contributed by atoms with Crippen molar-refractivity contribution in [3.05, 3.63) is 0 Å². The Morgan fingerprint density at radius 2 is 2.25 bits per heavy atom. The van der Waals surface area contributed by atoms with E-state index >= 15 is 0 Å². The van der Waals surface area contributed by atoms with Gasteiger partial charge in [0.2, 0.25) is 0 Å². The molecule has 0 unspecified atom stereocenters. The van der Waals surface area contributed by atoms with Crippen molar-refractivity contribution in [3.63, 3.8) is 0 Å². The number of nitrogens with one attached hydrogen (secondary N) is 1. The molecule has 0 amide bonds. The largest absolute Gasteiger partial charge is 0.483 e. The molecular weight excluding hydrogens is 108 g/mol. The molecule has 0 saturated carbocycles. The van der Waals surface area contributed by atoms with Gasteiger partial charge in [0.15, 0.2) is 0 Å². The summed E-state index contributed by atoms with van der Waals surface area (Å²) in [7, 11) is 0. The van der Waals surface area contributed by atoms with Gasteiger partial charge in [-0.15, -0.1) is 0 Å². The summed E-state index contributed by atoms with van der Waals surface area (Å²) >= 11 is 0. The van der Waals surface area contributed by atoms with Crippen LogP contribution in [-0.4, -0.2) is 18.1 Å². The molecule has 4 nitrogen and oxygen atoms in total. The summed E-state index contributed by atoms with van der Waals surface area (Å²) in [5.41, 5.74) is 2.52. The molecule has 0 saturated heterocycles. The molecule has 0 atom stereocenters. The normalized spacial score (nSPS) is 6.75. The molecular formula is C4H12N2O2. The SMILES string of the molecule is CCCNN.O=CO. The fourth-order valence-corrected chi connectivity index (χ4v) is 0.144. The molecule has 4 heteroatoms. The van der Waals surface area contributed by atoms with Gasteiger partial charge >= 0.3 is 0 Å². The molecule has 0 spiro atoms. The Morgan fingerprint density at radius 1 is 1.88 bits per heavy atom. The van der Waals surface area contributed by atoms with Crippen LogP contribution < -0.4 is 11.3 Å². The molecule has 0 aliphatic heterocycles. The zero-order chi connectivity index (χ0) is 6.83. The molecule has 4 N–H and O–H groups in total. The van der Waals surface area contributed by atoms with E-state index in [4.69, 9.17) is 15.7 Å². The lowest BCUT2D eigenvalue weighted by molar-refractivity contribution is -0.122. The number of carboxylic acid groups (broad SMARTS) is 1. The Kier molecular flexibility index (Phi) is 21.0. The second-order valence-corrected chi connectivity index (χ2v) is 1.06. The van der Waals surface area contributed by atoms with Crippen LogP contribution in [0.15, 0.2) is 0 Å². The highest BCUT2D eigenvalue weighted by Gasteiger charge is 1.64. The maximum absolute atomic E-state index is 8.36. The van der Waals surface area contributed by atoms with Crippen LogP contribution in [-0.2, 0) is 4.79 Å². The first kappa shape index (κ1) is 10.4. The van der Waals surface area contributed by atoms with Crippen molar-refractivity contribution in [2.75, 3.05) is 6.54 Å². The first-order valence-electron chi connectivity index (χ1n) is 2.34. The lowest BCUT2D eigenvalue weighted by Crippen LogP contribution is -2.21. The Hall–Kier alpha value is -0.610. The average molecular weight is 120 g/mol. The van der Waals surface area contributed by atoms with Crippen LogP contribution in [0.1, 0.15) is 13.3 Å². The predicted molar refractivity (Wildman–Crippen MR) is 31.2 cm³/mol. The Labute approximate surface area is 48.7 Å². The zero-order valence-corrected chi connectivity index (χ0v) is 4.92. The van der Waals surface area contributed by atoms with Crippen LogP contribution >= 0.6 is 0 Å². The van der Waals surface area contributed by atoms with Crippen LogP contribution in [0.25, 0.3) is 0 Å². The standard InChI is InChI=1S/C3H10N2.CH2O2/c1-2-3-5-4;2-1-3/h5H,2-4H2,1H3;1H,(H,2,3). The van der Waals surface area contributed by atoms with Gasteiger partial charge in [-0.1, -0.05) is 6.92 Å². The summed E-state index contributed by atoms with van der Waals surface area (Å²) in [5.74, 6) is 4.89. The van der Waals surface area contributed by atoms with Gasteiger partial charge in [-0.3, -0.25) is 16.1 Å². The molecule has 0 bridgehead atoms. The van der Waals surface area contributed by atoms with Crippen LogP contribution in [0.2, 0.25) is 0 Å². The van der Waals surface area contributed by atoms with E-state index in [0.29, 0.717) is 0 Å². The maximum atomic E-state index is 8.36. The molecule has 0 aliphatic carbocycles. The number of hydrogen-bond donors (Lipinski definition) is 3. The Bertz CT molecular complexity index is 39.0. The highest BCUT2D eigenvalue weighted by molar-refractivity contribution is 5.32. The Balaban J connectivity index is 0. The number of rotatable bonds is 2. The van der Waals surface area contributed by atoms with Gasteiger partial charge in [-0.25, -0.2) is 0 Å². The summed E-state index contributed by atoms with van der Waals surface area (Å²) in [6, 6.07) is 0. The van der Waals surface area contributed by atoms with E-state index < -0.39 is 0 Å². The van der Waals surface area contributed by atoms with Crippen molar-refractivity contribution < 1.29 is 9.90 Å². The number of nitrogens with two attached hydrogens (primary N) is 1. The van der Waals surface area contributed by atoms with E-state index in [1.165, 1.54) is 0 Å². The van der Waals surface area contributed by atoms with Crippen molar-refractivity contribution in [3.8, 4) is 0 Å². The first-order valence-corrected chi connectivity index (χ1v) is 2.34. The zero-order valence-electron chi connectivity index (χ0n) is 4.92. The summed E-state index contributed by atoms with van der Waals surface area (Å²) in [5, 5.41) is 6.89. The van der Waals surface area contributed by atoms with Gasteiger partial charge in [-0.05, 0) is 6.42 Å². The molecule has 8 heavy (non-hydrogen) atoms. The van der Waals surface area contributed by atoms with Crippen LogP contribution in [0, 0.1) is 0 Å². The van der Waals surface area contributed by atoms with Crippen molar-refractivity contribution in [2.24, 2.45) is 5.84 Å². The van der Waals surface area contributed by atoms with E-state index in [-0.39, 0.29) is 6.47 Å². The summed E-state index contributed by atoms with van der Waals surface area (Å²) in [4.78, 5) is 8.36. The van der Waals surface area contributed by atoms with Crippen molar-refractivity contribution >= 4 is 6.47 Å².